The molecule has 5 heteroatoms. The van der Waals surface area contributed by atoms with Crippen LogP contribution in [0.1, 0.15) is 22.7 Å². The fourth-order valence-corrected chi connectivity index (χ4v) is 2.25. The fourth-order valence-electron chi connectivity index (χ4n) is 2.12. The highest BCUT2D eigenvalue weighted by molar-refractivity contribution is 6.30. The van der Waals surface area contributed by atoms with Gasteiger partial charge in [-0.3, -0.25) is 0 Å². The van der Waals surface area contributed by atoms with Crippen LogP contribution < -0.4 is 5.32 Å². The van der Waals surface area contributed by atoms with Crippen molar-refractivity contribution in [2.24, 2.45) is 0 Å². The second-order valence-electron chi connectivity index (χ2n) is 5.07. The average Bonchev–Trinajstić information content (AvgIpc) is 3.03. The largest absolute Gasteiger partial charge is 0.420 e. The van der Waals surface area contributed by atoms with Gasteiger partial charge in [0.25, 0.3) is 0 Å². The van der Waals surface area contributed by atoms with Gasteiger partial charge < -0.3 is 9.73 Å². The SMILES string of the molecule is N#Cc1nc(/C=C\c2ccccc2)oc1NCc1ccc(Cl)cc1. The molecular formula is C19H14ClN3O. The number of rotatable bonds is 5. The molecule has 0 unspecified atom stereocenters. The second kappa shape index (κ2) is 7.49. The van der Waals surface area contributed by atoms with Crippen molar-refractivity contribution in [2.75, 3.05) is 5.32 Å². The van der Waals surface area contributed by atoms with E-state index in [0.717, 1.165) is 11.1 Å². The molecule has 1 N–H and O–H groups in total. The zero-order chi connectivity index (χ0) is 16.8. The van der Waals surface area contributed by atoms with Crippen LogP contribution in [0.15, 0.2) is 59.0 Å². The molecule has 3 rings (SSSR count). The monoisotopic (exact) mass is 335 g/mol. The average molecular weight is 336 g/mol. The van der Waals surface area contributed by atoms with Crippen LogP contribution in [0, 0.1) is 11.3 Å². The molecule has 0 aliphatic rings. The number of halogens is 1. The summed E-state index contributed by atoms with van der Waals surface area (Å²) in [5.41, 5.74) is 2.29. The summed E-state index contributed by atoms with van der Waals surface area (Å²) in [6.07, 6.45) is 3.62. The molecule has 0 bridgehead atoms. The van der Waals surface area contributed by atoms with Crippen molar-refractivity contribution in [3.63, 3.8) is 0 Å². The van der Waals surface area contributed by atoms with Gasteiger partial charge in [-0.15, -0.1) is 0 Å². The Labute approximate surface area is 145 Å². The van der Waals surface area contributed by atoms with Gasteiger partial charge in [0.1, 0.15) is 6.07 Å². The van der Waals surface area contributed by atoms with Gasteiger partial charge in [0.2, 0.25) is 17.5 Å². The third-order valence-corrected chi connectivity index (χ3v) is 3.59. The molecule has 0 saturated heterocycles. The molecule has 2 aromatic carbocycles. The Balaban J connectivity index is 1.72. The summed E-state index contributed by atoms with van der Waals surface area (Å²) < 4.78 is 5.62. The van der Waals surface area contributed by atoms with Crippen LogP contribution in [0.5, 0.6) is 0 Å². The highest BCUT2D eigenvalue weighted by atomic mass is 35.5. The van der Waals surface area contributed by atoms with Crippen molar-refractivity contribution >= 4 is 29.6 Å². The molecule has 0 amide bonds. The number of nitrogens with one attached hydrogen (secondary N) is 1. The molecule has 0 aliphatic heterocycles. The number of nitrogens with zero attached hydrogens (tertiary/aromatic N) is 2. The van der Waals surface area contributed by atoms with Crippen molar-refractivity contribution in [1.82, 2.24) is 4.98 Å². The molecule has 0 spiro atoms. The van der Waals surface area contributed by atoms with E-state index in [2.05, 4.69) is 10.3 Å². The Hall–Kier alpha value is -3.03. The van der Waals surface area contributed by atoms with Crippen molar-refractivity contribution < 1.29 is 4.42 Å². The number of nitriles is 1. The predicted molar refractivity (Wildman–Crippen MR) is 95.4 cm³/mol. The Kier molecular flexibility index (Phi) is 4.95. The Morgan fingerprint density at radius 1 is 1.08 bits per heavy atom. The Morgan fingerprint density at radius 2 is 1.83 bits per heavy atom. The van der Waals surface area contributed by atoms with Gasteiger partial charge in [0.05, 0.1) is 0 Å². The highest BCUT2D eigenvalue weighted by Gasteiger charge is 2.11. The number of hydrogen-bond acceptors (Lipinski definition) is 4. The summed E-state index contributed by atoms with van der Waals surface area (Å²) in [7, 11) is 0. The molecule has 0 atom stereocenters. The van der Waals surface area contributed by atoms with Crippen LogP contribution in [0.2, 0.25) is 5.02 Å². The minimum absolute atomic E-state index is 0.233. The molecule has 0 fully saturated rings. The van der Waals surface area contributed by atoms with Crippen LogP contribution in [0.3, 0.4) is 0 Å². The lowest BCUT2D eigenvalue weighted by molar-refractivity contribution is 0.557. The minimum atomic E-state index is 0.233. The van der Waals surface area contributed by atoms with Crippen LogP contribution in [0.4, 0.5) is 5.88 Å². The van der Waals surface area contributed by atoms with E-state index in [4.69, 9.17) is 16.0 Å². The third kappa shape index (κ3) is 4.03. The molecule has 0 radical (unpaired) electrons. The Bertz CT molecular complexity index is 877. The smallest absolute Gasteiger partial charge is 0.232 e. The number of hydrogen-bond donors (Lipinski definition) is 1. The van der Waals surface area contributed by atoms with E-state index < -0.39 is 0 Å². The van der Waals surface area contributed by atoms with Gasteiger partial charge in [0.15, 0.2) is 0 Å². The lowest BCUT2D eigenvalue weighted by Crippen LogP contribution is -1.99. The summed E-state index contributed by atoms with van der Waals surface area (Å²) in [4.78, 5) is 4.17. The molecule has 1 aromatic heterocycles. The molecule has 0 saturated carbocycles. The van der Waals surface area contributed by atoms with Gasteiger partial charge in [0, 0.05) is 17.6 Å². The number of oxazole rings is 1. The predicted octanol–water partition coefficient (Wildman–Crippen LogP) is 4.98. The quantitative estimate of drug-likeness (QED) is 0.714. The summed E-state index contributed by atoms with van der Waals surface area (Å²) in [6.45, 7) is 0.517. The van der Waals surface area contributed by atoms with E-state index in [1.54, 1.807) is 6.08 Å². The topological polar surface area (TPSA) is 61.9 Å². The highest BCUT2D eigenvalue weighted by Crippen LogP contribution is 2.20. The normalized spacial score (nSPS) is 10.7. The van der Waals surface area contributed by atoms with Crippen LogP contribution >= 0.6 is 11.6 Å². The van der Waals surface area contributed by atoms with E-state index >= 15 is 0 Å². The zero-order valence-corrected chi connectivity index (χ0v) is 13.5. The second-order valence-corrected chi connectivity index (χ2v) is 5.50. The third-order valence-electron chi connectivity index (χ3n) is 3.33. The molecule has 118 valence electrons. The number of anilines is 1. The molecular weight excluding hydrogens is 322 g/mol. The van der Waals surface area contributed by atoms with E-state index in [9.17, 15) is 5.26 Å². The number of aromatic nitrogens is 1. The molecule has 3 aromatic rings. The maximum absolute atomic E-state index is 9.20. The molecule has 0 aliphatic carbocycles. The van der Waals surface area contributed by atoms with Gasteiger partial charge >= 0.3 is 0 Å². The molecule has 24 heavy (non-hydrogen) atoms. The van der Waals surface area contributed by atoms with Crippen molar-refractivity contribution in [3.8, 4) is 6.07 Å². The lowest BCUT2D eigenvalue weighted by Gasteiger charge is -2.03. The maximum Gasteiger partial charge on any atom is 0.232 e. The molecule has 1 heterocycles. The zero-order valence-electron chi connectivity index (χ0n) is 12.7. The number of benzene rings is 2. The van der Waals surface area contributed by atoms with Crippen molar-refractivity contribution in [2.45, 2.75) is 6.54 Å². The summed E-state index contributed by atoms with van der Waals surface area (Å²) in [5, 5.41) is 13.0. The summed E-state index contributed by atoms with van der Waals surface area (Å²) >= 11 is 5.87. The van der Waals surface area contributed by atoms with Crippen LogP contribution in [-0.2, 0) is 6.54 Å². The summed E-state index contributed by atoms with van der Waals surface area (Å²) in [5.74, 6) is 0.745. The minimum Gasteiger partial charge on any atom is -0.420 e. The Morgan fingerprint density at radius 3 is 2.54 bits per heavy atom. The van der Waals surface area contributed by atoms with E-state index in [0.29, 0.717) is 23.3 Å². The standard InChI is InChI=1S/C19H14ClN3O/c20-16-9-6-15(7-10-16)13-22-19-17(12-21)23-18(24-19)11-8-14-4-2-1-3-5-14/h1-11,22H,13H2/b11-8-. The lowest BCUT2D eigenvalue weighted by atomic mass is 10.2. The van der Waals surface area contributed by atoms with E-state index in [1.165, 1.54) is 0 Å². The first-order valence-corrected chi connectivity index (χ1v) is 7.75. The van der Waals surface area contributed by atoms with Crippen molar-refractivity contribution in [1.29, 1.82) is 5.26 Å². The van der Waals surface area contributed by atoms with Crippen LogP contribution in [0.25, 0.3) is 12.2 Å². The van der Waals surface area contributed by atoms with E-state index in [-0.39, 0.29) is 5.69 Å². The summed E-state index contributed by atoms with van der Waals surface area (Å²) in [6, 6.07) is 19.3. The van der Waals surface area contributed by atoms with Gasteiger partial charge in [-0.05, 0) is 29.3 Å². The first-order chi connectivity index (χ1) is 11.7. The van der Waals surface area contributed by atoms with Crippen molar-refractivity contribution in [3.05, 3.63) is 82.3 Å². The fraction of sp³-hybridized carbons (Fsp3) is 0.0526. The molecule has 4 nitrogen and oxygen atoms in total. The van der Waals surface area contributed by atoms with Gasteiger partial charge in [-0.1, -0.05) is 54.1 Å². The van der Waals surface area contributed by atoms with Crippen LogP contribution in [-0.4, -0.2) is 4.98 Å². The van der Waals surface area contributed by atoms with Gasteiger partial charge in [-0.2, -0.15) is 10.2 Å². The first-order valence-electron chi connectivity index (χ1n) is 7.37. The van der Waals surface area contributed by atoms with E-state index in [1.807, 2.05) is 66.7 Å². The first kappa shape index (κ1) is 15.9. The van der Waals surface area contributed by atoms with Gasteiger partial charge in [-0.25, -0.2) is 0 Å². The maximum atomic E-state index is 9.20.